The van der Waals surface area contributed by atoms with Crippen molar-refractivity contribution in [3.8, 4) is 0 Å². The predicted molar refractivity (Wildman–Crippen MR) is 62.4 cm³/mol. The van der Waals surface area contributed by atoms with Gasteiger partial charge in [0.1, 0.15) is 5.82 Å². The van der Waals surface area contributed by atoms with Crippen LogP contribution in [0, 0.1) is 5.82 Å². The van der Waals surface area contributed by atoms with Gasteiger partial charge in [-0.1, -0.05) is 6.92 Å². The number of ether oxygens (including phenoxy) is 1. The molecule has 0 saturated carbocycles. The van der Waals surface area contributed by atoms with Crippen LogP contribution in [0.5, 0.6) is 0 Å². The fourth-order valence-corrected chi connectivity index (χ4v) is 2.18. The Morgan fingerprint density at radius 2 is 2.35 bits per heavy atom. The highest BCUT2D eigenvalue weighted by Crippen LogP contribution is 2.23. The Labute approximate surface area is 100.0 Å². The summed E-state index contributed by atoms with van der Waals surface area (Å²) in [5, 5.41) is 3.32. The Balaban J connectivity index is 2.36. The lowest BCUT2D eigenvalue weighted by atomic mass is 9.92. The number of carbonyl (C=O) groups excluding carboxylic acids is 1. The standard InChI is InChI=1S/C13H16FNO2/c1-3-10-6-11-9(7-15-10)4-8(5-12(11)14)13(16)17-2/h4-5,10,15H,3,6-7H2,1-2H3/t10-/m1/s1. The van der Waals surface area contributed by atoms with Gasteiger partial charge in [-0.3, -0.25) is 0 Å². The third-order valence-electron chi connectivity index (χ3n) is 3.23. The quantitative estimate of drug-likeness (QED) is 0.800. The molecule has 1 N–H and O–H groups in total. The second kappa shape index (κ2) is 4.84. The first-order valence-corrected chi connectivity index (χ1v) is 5.78. The van der Waals surface area contributed by atoms with E-state index in [0.29, 0.717) is 19.0 Å². The van der Waals surface area contributed by atoms with Gasteiger partial charge < -0.3 is 10.1 Å². The number of fused-ring (bicyclic) bond motifs is 1. The monoisotopic (exact) mass is 237 g/mol. The fourth-order valence-electron chi connectivity index (χ4n) is 2.18. The summed E-state index contributed by atoms with van der Waals surface area (Å²) < 4.78 is 18.5. The molecule has 2 rings (SSSR count). The van der Waals surface area contributed by atoms with E-state index in [1.54, 1.807) is 6.07 Å². The van der Waals surface area contributed by atoms with Crippen molar-refractivity contribution < 1.29 is 13.9 Å². The van der Waals surface area contributed by atoms with Crippen LogP contribution in [0.25, 0.3) is 0 Å². The number of hydrogen-bond acceptors (Lipinski definition) is 3. The average molecular weight is 237 g/mol. The number of carbonyl (C=O) groups is 1. The van der Waals surface area contributed by atoms with Crippen molar-refractivity contribution in [1.82, 2.24) is 5.32 Å². The van der Waals surface area contributed by atoms with Crippen molar-refractivity contribution in [3.05, 3.63) is 34.6 Å². The minimum absolute atomic E-state index is 0.278. The lowest BCUT2D eigenvalue weighted by molar-refractivity contribution is 0.0600. The Morgan fingerprint density at radius 1 is 1.59 bits per heavy atom. The van der Waals surface area contributed by atoms with Gasteiger partial charge in [-0.15, -0.1) is 0 Å². The largest absolute Gasteiger partial charge is 0.465 e. The summed E-state index contributed by atoms with van der Waals surface area (Å²) in [5.74, 6) is -0.799. The highest BCUT2D eigenvalue weighted by molar-refractivity contribution is 5.89. The first-order chi connectivity index (χ1) is 8.15. The fraction of sp³-hybridized carbons (Fsp3) is 0.462. The van der Waals surface area contributed by atoms with E-state index in [0.717, 1.165) is 17.5 Å². The molecular formula is C13H16FNO2. The molecule has 1 atom stereocenters. The third kappa shape index (κ3) is 2.31. The van der Waals surface area contributed by atoms with E-state index in [1.165, 1.54) is 13.2 Å². The molecule has 1 heterocycles. The van der Waals surface area contributed by atoms with Gasteiger partial charge in [-0.05, 0) is 36.1 Å². The molecule has 1 aliphatic rings. The summed E-state index contributed by atoms with van der Waals surface area (Å²) in [5.41, 5.74) is 1.86. The van der Waals surface area contributed by atoms with Crippen molar-refractivity contribution >= 4 is 5.97 Å². The van der Waals surface area contributed by atoms with Crippen molar-refractivity contribution in [2.75, 3.05) is 7.11 Å². The van der Waals surface area contributed by atoms with Crippen LogP contribution in [0.3, 0.4) is 0 Å². The zero-order valence-electron chi connectivity index (χ0n) is 10.0. The van der Waals surface area contributed by atoms with E-state index in [2.05, 4.69) is 17.0 Å². The molecule has 1 aliphatic heterocycles. The highest BCUT2D eigenvalue weighted by Gasteiger charge is 2.22. The summed E-state index contributed by atoms with van der Waals surface area (Å²) in [4.78, 5) is 11.4. The minimum Gasteiger partial charge on any atom is -0.465 e. The highest BCUT2D eigenvalue weighted by atomic mass is 19.1. The molecule has 0 amide bonds. The summed E-state index contributed by atoms with van der Waals surface area (Å²) >= 11 is 0. The Morgan fingerprint density at radius 3 is 3.00 bits per heavy atom. The van der Waals surface area contributed by atoms with E-state index < -0.39 is 5.97 Å². The van der Waals surface area contributed by atoms with Crippen LogP contribution in [0.2, 0.25) is 0 Å². The van der Waals surface area contributed by atoms with E-state index in [-0.39, 0.29) is 11.4 Å². The van der Waals surface area contributed by atoms with Crippen LogP contribution in [0.15, 0.2) is 12.1 Å². The van der Waals surface area contributed by atoms with Crippen LogP contribution in [-0.4, -0.2) is 19.1 Å². The molecule has 3 nitrogen and oxygen atoms in total. The van der Waals surface area contributed by atoms with Crippen molar-refractivity contribution in [2.24, 2.45) is 0 Å². The first kappa shape index (κ1) is 12.0. The summed E-state index contributed by atoms with van der Waals surface area (Å²) in [7, 11) is 1.30. The van der Waals surface area contributed by atoms with Crippen LogP contribution in [0.4, 0.5) is 4.39 Å². The number of halogens is 1. The second-order valence-corrected chi connectivity index (χ2v) is 4.28. The van der Waals surface area contributed by atoms with Crippen molar-refractivity contribution in [3.63, 3.8) is 0 Å². The number of nitrogens with one attached hydrogen (secondary N) is 1. The number of rotatable bonds is 2. The maximum absolute atomic E-state index is 13.9. The smallest absolute Gasteiger partial charge is 0.337 e. The molecule has 0 aliphatic carbocycles. The van der Waals surface area contributed by atoms with Gasteiger partial charge in [0.2, 0.25) is 0 Å². The lowest BCUT2D eigenvalue weighted by Crippen LogP contribution is -2.35. The third-order valence-corrected chi connectivity index (χ3v) is 3.23. The molecule has 0 spiro atoms. The number of esters is 1. The number of benzene rings is 1. The zero-order chi connectivity index (χ0) is 12.4. The summed E-state index contributed by atoms with van der Waals surface area (Å²) in [6.07, 6.45) is 1.65. The van der Waals surface area contributed by atoms with Gasteiger partial charge in [0, 0.05) is 12.6 Å². The summed E-state index contributed by atoms with van der Waals surface area (Å²) in [6.45, 7) is 2.68. The number of methoxy groups -OCH3 is 1. The molecule has 0 radical (unpaired) electrons. The molecule has 0 bridgehead atoms. The van der Waals surface area contributed by atoms with E-state index in [4.69, 9.17) is 0 Å². The SMILES string of the molecule is CC[C@@H]1Cc2c(F)cc(C(=O)OC)cc2CN1. The van der Waals surface area contributed by atoms with Gasteiger partial charge in [0.15, 0.2) is 0 Å². The Hall–Kier alpha value is -1.42. The molecule has 0 saturated heterocycles. The molecule has 1 aromatic rings. The van der Waals surface area contributed by atoms with Gasteiger partial charge in [0.25, 0.3) is 0 Å². The van der Waals surface area contributed by atoms with E-state index in [9.17, 15) is 9.18 Å². The zero-order valence-corrected chi connectivity index (χ0v) is 10.0. The molecule has 92 valence electrons. The van der Waals surface area contributed by atoms with Gasteiger partial charge in [0.05, 0.1) is 12.7 Å². The maximum Gasteiger partial charge on any atom is 0.337 e. The Bertz CT molecular complexity index is 445. The van der Waals surface area contributed by atoms with Gasteiger partial charge in [-0.2, -0.15) is 0 Å². The van der Waals surface area contributed by atoms with Crippen LogP contribution in [0.1, 0.15) is 34.8 Å². The topological polar surface area (TPSA) is 38.3 Å². The minimum atomic E-state index is -0.496. The Kier molecular flexibility index (Phi) is 3.43. The molecular weight excluding hydrogens is 221 g/mol. The molecule has 4 heteroatoms. The molecule has 0 unspecified atom stereocenters. The van der Waals surface area contributed by atoms with Crippen LogP contribution >= 0.6 is 0 Å². The maximum atomic E-state index is 13.9. The molecule has 17 heavy (non-hydrogen) atoms. The van der Waals surface area contributed by atoms with Gasteiger partial charge in [-0.25, -0.2) is 9.18 Å². The first-order valence-electron chi connectivity index (χ1n) is 5.78. The second-order valence-electron chi connectivity index (χ2n) is 4.28. The number of hydrogen-bond donors (Lipinski definition) is 1. The van der Waals surface area contributed by atoms with E-state index >= 15 is 0 Å². The molecule has 0 fully saturated rings. The van der Waals surface area contributed by atoms with Crippen LogP contribution < -0.4 is 5.32 Å². The van der Waals surface area contributed by atoms with Crippen molar-refractivity contribution in [1.29, 1.82) is 0 Å². The molecule has 0 aromatic heterocycles. The van der Waals surface area contributed by atoms with Crippen molar-refractivity contribution in [2.45, 2.75) is 32.4 Å². The molecule has 1 aromatic carbocycles. The lowest BCUT2D eigenvalue weighted by Gasteiger charge is -2.25. The average Bonchev–Trinajstić information content (AvgIpc) is 2.37. The van der Waals surface area contributed by atoms with Crippen LogP contribution in [-0.2, 0) is 17.7 Å². The predicted octanol–water partition coefficient (Wildman–Crippen LogP) is 2.04. The normalized spacial score (nSPS) is 18.6. The summed E-state index contributed by atoms with van der Waals surface area (Å²) in [6, 6.07) is 3.30. The van der Waals surface area contributed by atoms with Gasteiger partial charge >= 0.3 is 5.97 Å². The van der Waals surface area contributed by atoms with E-state index in [1.807, 2.05) is 0 Å².